The van der Waals surface area contributed by atoms with Crippen LogP contribution in [0.2, 0.25) is 0 Å². The van der Waals surface area contributed by atoms with Gasteiger partial charge in [0.25, 0.3) is 0 Å². The first-order valence-electron chi connectivity index (χ1n) is 13.5. The lowest BCUT2D eigenvalue weighted by Gasteiger charge is -2.24. The number of hydrogen-bond acceptors (Lipinski definition) is 6. The number of benzene rings is 2. The first kappa shape index (κ1) is 29.6. The highest BCUT2D eigenvalue weighted by Crippen LogP contribution is 2.36. The fourth-order valence-electron chi connectivity index (χ4n) is 4.75. The molecule has 0 N–H and O–H groups in total. The summed E-state index contributed by atoms with van der Waals surface area (Å²) in [5, 5.41) is 10.1. The van der Waals surface area contributed by atoms with E-state index in [9.17, 15) is 23.6 Å². The van der Waals surface area contributed by atoms with Crippen LogP contribution < -0.4 is 4.74 Å². The Morgan fingerprint density at radius 1 is 1.10 bits per heavy atom. The third kappa shape index (κ3) is 6.51. The highest BCUT2D eigenvalue weighted by atomic mass is 19.1. The molecule has 1 aliphatic heterocycles. The Morgan fingerprint density at radius 2 is 1.76 bits per heavy atom. The van der Waals surface area contributed by atoms with Crippen LogP contribution in [0.5, 0.6) is 11.5 Å². The predicted octanol–water partition coefficient (Wildman–Crippen LogP) is 7.02. The smallest absolute Gasteiger partial charge is 0.410 e. The lowest BCUT2D eigenvalue weighted by Crippen LogP contribution is -2.35. The molecule has 2 aromatic carbocycles. The van der Waals surface area contributed by atoms with Crippen molar-refractivity contribution in [3.05, 3.63) is 71.1 Å². The molecule has 1 saturated heterocycles. The summed E-state index contributed by atoms with van der Waals surface area (Å²) < 4.78 is 46.8. The summed E-state index contributed by atoms with van der Waals surface area (Å²) in [6, 6.07) is 10.7. The number of nitriles is 1. The molecule has 3 aromatic rings. The lowest BCUT2D eigenvalue weighted by molar-refractivity contribution is 0.0289. The molecular formula is C31H33F2N3O5. The molecule has 8 nitrogen and oxygen atoms in total. The summed E-state index contributed by atoms with van der Waals surface area (Å²) in [7, 11) is 0. The van der Waals surface area contributed by atoms with E-state index in [0.29, 0.717) is 42.6 Å². The number of likely N-dealkylation sites (tertiary alicyclic amines) is 1. The predicted molar refractivity (Wildman–Crippen MR) is 148 cm³/mol. The number of aryl methyl sites for hydroxylation is 1. The molecule has 1 aliphatic rings. The van der Waals surface area contributed by atoms with Crippen molar-refractivity contribution in [2.45, 2.75) is 59.1 Å². The van der Waals surface area contributed by atoms with Crippen molar-refractivity contribution in [1.29, 1.82) is 5.26 Å². The second kappa shape index (κ2) is 12.0. The Morgan fingerprint density at radius 3 is 2.32 bits per heavy atom. The Hall–Kier alpha value is -4.39. The Labute approximate surface area is 238 Å². The van der Waals surface area contributed by atoms with Gasteiger partial charge in [0, 0.05) is 24.8 Å². The van der Waals surface area contributed by atoms with Gasteiger partial charge < -0.3 is 23.7 Å². The van der Waals surface area contributed by atoms with Crippen LogP contribution in [-0.4, -0.2) is 46.8 Å². The Kier molecular flexibility index (Phi) is 8.66. The molecular weight excluding hydrogens is 532 g/mol. The minimum atomic E-state index is -0.800. The van der Waals surface area contributed by atoms with Crippen LogP contribution in [0.25, 0.3) is 11.1 Å². The van der Waals surface area contributed by atoms with Crippen molar-refractivity contribution >= 4 is 12.1 Å². The molecule has 0 aliphatic carbocycles. The molecule has 1 fully saturated rings. The number of ether oxygens (including phenoxy) is 3. The normalized spacial score (nSPS) is 15.0. The quantitative estimate of drug-likeness (QED) is 0.286. The summed E-state index contributed by atoms with van der Waals surface area (Å²) in [6.07, 6.45) is 2.29. The molecule has 0 saturated carbocycles. The van der Waals surface area contributed by atoms with Gasteiger partial charge in [0.05, 0.1) is 18.2 Å². The maximum Gasteiger partial charge on any atom is 0.410 e. The molecule has 0 spiro atoms. The van der Waals surface area contributed by atoms with E-state index in [1.54, 1.807) is 62.4 Å². The first-order valence-corrected chi connectivity index (χ1v) is 13.5. The number of amides is 1. The van der Waals surface area contributed by atoms with Crippen molar-refractivity contribution in [3.63, 3.8) is 0 Å². The molecule has 0 unspecified atom stereocenters. The maximum atomic E-state index is 14.4. The third-order valence-electron chi connectivity index (χ3n) is 6.67. The van der Waals surface area contributed by atoms with Crippen molar-refractivity contribution in [2.24, 2.45) is 0 Å². The van der Waals surface area contributed by atoms with Gasteiger partial charge in [0.2, 0.25) is 0 Å². The highest BCUT2D eigenvalue weighted by molar-refractivity contribution is 5.94. The van der Waals surface area contributed by atoms with Crippen LogP contribution >= 0.6 is 0 Å². The van der Waals surface area contributed by atoms with Crippen LogP contribution in [0.1, 0.15) is 68.7 Å². The zero-order valence-electron chi connectivity index (χ0n) is 23.8. The van der Waals surface area contributed by atoms with E-state index >= 15 is 0 Å². The summed E-state index contributed by atoms with van der Waals surface area (Å²) >= 11 is 0. The summed E-state index contributed by atoms with van der Waals surface area (Å²) in [5.41, 5.74) is 1.16. The van der Waals surface area contributed by atoms with Gasteiger partial charge in [-0.1, -0.05) is 19.1 Å². The molecule has 216 valence electrons. The molecule has 0 bridgehead atoms. The average molecular weight is 566 g/mol. The van der Waals surface area contributed by atoms with Crippen LogP contribution in [0.15, 0.2) is 42.6 Å². The molecule has 41 heavy (non-hydrogen) atoms. The largest absolute Gasteiger partial charge is 0.461 e. The van der Waals surface area contributed by atoms with Gasteiger partial charge in [-0.25, -0.2) is 18.4 Å². The standard InChI is InChI=1S/C31H33F2N3O5/c1-6-19-14-25(32)28(26(33)15-19)40-22-10-8-20(9-11-22)24-18-36(27(23(24)16-34)29(37)39-7-2)21-12-13-35(17-21)30(38)41-31(3,4)5/h8-11,14-15,18,21H,6-7,12-13,17H2,1-5H3/t21-/m1/s1. The van der Waals surface area contributed by atoms with Gasteiger partial charge in [0.15, 0.2) is 17.4 Å². The molecule has 0 radical (unpaired) electrons. The number of nitrogens with zero attached hydrogens (tertiary/aromatic N) is 3. The van der Waals surface area contributed by atoms with Crippen molar-refractivity contribution in [3.8, 4) is 28.7 Å². The third-order valence-corrected chi connectivity index (χ3v) is 6.67. The van der Waals surface area contributed by atoms with Gasteiger partial charge in [-0.05, 0) is 75.9 Å². The summed E-state index contributed by atoms with van der Waals surface area (Å²) in [5.74, 6) is -2.55. The minimum Gasteiger partial charge on any atom is -0.461 e. The van der Waals surface area contributed by atoms with E-state index < -0.39 is 35.0 Å². The summed E-state index contributed by atoms with van der Waals surface area (Å²) in [6.45, 7) is 9.69. The van der Waals surface area contributed by atoms with Crippen molar-refractivity contribution in [1.82, 2.24) is 9.47 Å². The molecule has 1 amide bonds. The van der Waals surface area contributed by atoms with E-state index in [1.165, 1.54) is 24.3 Å². The van der Waals surface area contributed by atoms with E-state index in [2.05, 4.69) is 6.07 Å². The number of carbonyl (C=O) groups is 2. The van der Waals surface area contributed by atoms with E-state index in [0.717, 1.165) is 0 Å². The zero-order valence-corrected chi connectivity index (χ0v) is 23.8. The van der Waals surface area contributed by atoms with Gasteiger partial charge in [-0.3, -0.25) is 0 Å². The summed E-state index contributed by atoms with van der Waals surface area (Å²) in [4.78, 5) is 27.2. The SMILES string of the molecule is CCOC(=O)c1c(C#N)c(-c2ccc(Oc3c(F)cc(CC)cc3F)cc2)cn1[C@@H]1CCN(C(=O)OC(C)(C)C)C1. The lowest BCUT2D eigenvalue weighted by atomic mass is 10.0. The number of carbonyl (C=O) groups excluding carboxylic acids is 2. The Balaban J connectivity index is 1.65. The number of esters is 1. The van der Waals surface area contributed by atoms with Crippen LogP contribution in [0.4, 0.5) is 13.6 Å². The molecule has 10 heteroatoms. The second-order valence-corrected chi connectivity index (χ2v) is 10.7. The monoisotopic (exact) mass is 565 g/mol. The fraction of sp³-hybridized carbons (Fsp3) is 0.387. The number of rotatable bonds is 7. The maximum absolute atomic E-state index is 14.4. The van der Waals surface area contributed by atoms with Gasteiger partial charge in [-0.2, -0.15) is 5.26 Å². The van der Waals surface area contributed by atoms with Crippen molar-refractivity contribution < 1.29 is 32.6 Å². The first-order chi connectivity index (χ1) is 19.4. The number of aromatic nitrogens is 1. The highest BCUT2D eigenvalue weighted by Gasteiger charge is 2.34. The molecule has 2 heterocycles. The van der Waals surface area contributed by atoms with Crippen LogP contribution in [0, 0.1) is 23.0 Å². The second-order valence-electron chi connectivity index (χ2n) is 10.7. The molecule has 1 aromatic heterocycles. The fourth-order valence-corrected chi connectivity index (χ4v) is 4.75. The van der Waals surface area contributed by atoms with Gasteiger partial charge in [0.1, 0.15) is 23.1 Å². The van der Waals surface area contributed by atoms with E-state index in [4.69, 9.17) is 14.2 Å². The van der Waals surface area contributed by atoms with Crippen molar-refractivity contribution in [2.75, 3.05) is 19.7 Å². The van der Waals surface area contributed by atoms with E-state index in [1.807, 2.05) is 0 Å². The van der Waals surface area contributed by atoms with Gasteiger partial charge >= 0.3 is 12.1 Å². The zero-order chi connectivity index (χ0) is 29.9. The minimum absolute atomic E-state index is 0.0980. The molecule has 4 rings (SSSR count). The molecule has 1 atom stereocenters. The number of halogens is 2. The van der Waals surface area contributed by atoms with Gasteiger partial charge in [-0.15, -0.1) is 0 Å². The average Bonchev–Trinajstić information content (AvgIpc) is 3.55. The Bertz CT molecular complexity index is 1460. The van der Waals surface area contributed by atoms with E-state index in [-0.39, 0.29) is 29.7 Å². The van der Waals surface area contributed by atoms with Crippen LogP contribution in [0.3, 0.4) is 0 Å². The number of hydrogen-bond donors (Lipinski definition) is 0. The van der Waals surface area contributed by atoms with Crippen LogP contribution in [-0.2, 0) is 15.9 Å². The topological polar surface area (TPSA) is 93.8 Å².